The smallest absolute Gasteiger partial charge is 0.307 e. The van der Waals surface area contributed by atoms with Crippen LogP contribution in [0.15, 0.2) is 121 Å². The van der Waals surface area contributed by atoms with Gasteiger partial charge in [-0.2, -0.15) is 31.6 Å². The summed E-state index contributed by atoms with van der Waals surface area (Å²) in [5.41, 5.74) is 2.97. The number of hydrogen-bond acceptors (Lipinski definition) is 2. The Morgan fingerprint density at radius 1 is 0.542 bits per heavy atom. The van der Waals surface area contributed by atoms with Gasteiger partial charge in [0.05, 0.1) is 56.7 Å². The Kier molecular flexibility index (Phi) is 6.40. The van der Waals surface area contributed by atoms with E-state index in [0.29, 0.717) is 71.8 Å². The first-order valence-corrected chi connectivity index (χ1v) is 14.7. The maximum atomic E-state index is 13.8. The van der Waals surface area contributed by atoms with Crippen molar-refractivity contribution in [1.29, 1.82) is 5.26 Å². The number of hydrogen-bond donors (Lipinski definition) is 0. The number of benzene rings is 5. The van der Waals surface area contributed by atoms with E-state index in [1.54, 1.807) is 77.5 Å². The van der Waals surface area contributed by atoms with Crippen molar-refractivity contribution in [2.45, 2.75) is 12.4 Å². The van der Waals surface area contributed by atoms with Gasteiger partial charge in [-0.15, -0.1) is 0 Å². The molecule has 0 amide bonds. The molecule has 0 atom stereocenters. The lowest BCUT2D eigenvalue weighted by atomic mass is 10.0. The molecule has 234 valence electrons. The van der Waals surface area contributed by atoms with Crippen molar-refractivity contribution in [3.8, 4) is 28.7 Å². The monoisotopic (exact) mass is 646 g/mol. The fourth-order valence-corrected chi connectivity index (χ4v) is 6.53. The van der Waals surface area contributed by atoms with Crippen LogP contribution in [-0.4, -0.2) is 14.1 Å². The summed E-state index contributed by atoms with van der Waals surface area (Å²) < 4.78 is 86.2. The molecule has 0 saturated heterocycles. The highest BCUT2D eigenvalue weighted by Crippen LogP contribution is 2.41. The van der Waals surface area contributed by atoms with Crippen LogP contribution in [0.3, 0.4) is 0 Å². The highest BCUT2D eigenvalue weighted by Gasteiger charge is 2.32. The summed E-state index contributed by atoms with van der Waals surface area (Å²) in [5, 5.41) is 11.8. The van der Waals surface area contributed by atoms with Gasteiger partial charge in [0.15, 0.2) is 0 Å². The average Bonchev–Trinajstić information content (AvgIpc) is 3.59. The number of aromatic nitrogens is 3. The minimum absolute atomic E-state index is 0.394. The van der Waals surface area contributed by atoms with Crippen LogP contribution in [0, 0.1) is 11.3 Å². The number of rotatable bonds is 3. The first kappa shape index (κ1) is 29.3. The number of halogens is 6. The second-order valence-electron chi connectivity index (χ2n) is 11.4. The molecule has 0 radical (unpaired) electrons. The first-order valence-electron chi connectivity index (χ1n) is 14.7. The van der Waals surface area contributed by atoms with Gasteiger partial charge in [-0.25, -0.2) is 4.98 Å². The summed E-state index contributed by atoms with van der Waals surface area (Å²) in [6.45, 7) is 0. The fraction of sp³-hybridized carbons (Fsp3) is 0.0526. The highest BCUT2D eigenvalue weighted by molar-refractivity contribution is 6.11. The Morgan fingerprint density at radius 2 is 1.08 bits per heavy atom. The van der Waals surface area contributed by atoms with E-state index in [4.69, 9.17) is 4.98 Å². The first-order chi connectivity index (χ1) is 23.0. The van der Waals surface area contributed by atoms with E-state index in [9.17, 15) is 31.6 Å². The molecular formula is C38H20F6N4. The predicted octanol–water partition coefficient (Wildman–Crippen LogP) is 10.9. The third-order valence-electron chi connectivity index (χ3n) is 8.64. The molecule has 0 N–H and O–H groups in total. The zero-order valence-electron chi connectivity index (χ0n) is 24.6. The molecule has 3 heterocycles. The van der Waals surface area contributed by atoms with Crippen LogP contribution in [0.25, 0.3) is 66.2 Å². The molecule has 4 nitrogen and oxygen atoms in total. The quantitative estimate of drug-likeness (QED) is 0.179. The molecule has 0 aliphatic carbocycles. The normalized spacial score (nSPS) is 12.4. The zero-order chi connectivity index (χ0) is 33.4. The topological polar surface area (TPSA) is 46.5 Å². The number of nitrogens with zero attached hydrogens (tertiary/aromatic N) is 4. The maximum absolute atomic E-state index is 13.8. The van der Waals surface area contributed by atoms with Crippen molar-refractivity contribution in [3.63, 3.8) is 0 Å². The molecule has 0 bridgehead atoms. The Hall–Kier alpha value is -6.08. The summed E-state index contributed by atoms with van der Waals surface area (Å²) in [7, 11) is 0. The number of fused-ring (bicyclic) bond motifs is 6. The van der Waals surface area contributed by atoms with Gasteiger partial charge in [0, 0.05) is 27.1 Å². The predicted molar refractivity (Wildman–Crippen MR) is 173 cm³/mol. The van der Waals surface area contributed by atoms with E-state index in [1.165, 1.54) is 12.1 Å². The SMILES string of the molecule is N#Cc1cccc(-c2cc(-n3c4ccccc4c4cc(C(F)(F)F)ccc43)ncc2-n2c3ccccc3c3cc(C(F)(F)F)ccc32)c1. The Bertz CT molecular complexity index is 2620. The van der Waals surface area contributed by atoms with Crippen LogP contribution in [0.1, 0.15) is 16.7 Å². The Labute approximate surface area is 268 Å². The van der Waals surface area contributed by atoms with Crippen LogP contribution in [0.5, 0.6) is 0 Å². The molecule has 3 aromatic heterocycles. The van der Waals surface area contributed by atoms with E-state index < -0.39 is 23.5 Å². The second-order valence-corrected chi connectivity index (χ2v) is 11.4. The third-order valence-corrected chi connectivity index (χ3v) is 8.64. The van der Waals surface area contributed by atoms with Gasteiger partial charge in [-0.3, -0.25) is 4.57 Å². The van der Waals surface area contributed by atoms with E-state index >= 15 is 0 Å². The number of alkyl halides is 6. The van der Waals surface area contributed by atoms with Crippen molar-refractivity contribution in [3.05, 3.63) is 138 Å². The van der Waals surface area contributed by atoms with Gasteiger partial charge in [0.1, 0.15) is 5.82 Å². The minimum atomic E-state index is -4.54. The summed E-state index contributed by atoms with van der Waals surface area (Å²) >= 11 is 0. The van der Waals surface area contributed by atoms with Crippen LogP contribution < -0.4 is 0 Å². The molecule has 10 heteroatoms. The lowest BCUT2D eigenvalue weighted by Gasteiger charge is -2.17. The van der Waals surface area contributed by atoms with E-state index in [1.807, 2.05) is 16.7 Å². The van der Waals surface area contributed by atoms with Gasteiger partial charge < -0.3 is 4.57 Å². The molecule has 8 rings (SSSR count). The van der Waals surface area contributed by atoms with E-state index in [0.717, 1.165) is 24.3 Å². The van der Waals surface area contributed by atoms with Crippen molar-refractivity contribution in [2.24, 2.45) is 0 Å². The average molecular weight is 647 g/mol. The molecule has 0 saturated carbocycles. The Balaban J connectivity index is 1.45. The van der Waals surface area contributed by atoms with Crippen LogP contribution in [0.2, 0.25) is 0 Å². The zero-order valence-corrected chi connectivity index (χ0v) is 24.6. The van der Waals surface area contributed by atoms with Gasteiger partial charge in [-0.05, 0) is 72.3 Å². The van der Waals surface area contributed by atoms with Gasteiger partial charge in [-0.1, -0.05) is 48.5 Å². The molecule has 0 fully saturated rings. The van der Waals surface area contributed by atoms with Gasteiger partial charge in [0.2, 0.25) is 0 Å². The van der Waals surface area contributed by atoms with Gasteiger partial charge in [0.25, 0.3) is 0 Å². The highest BCUT2D eigenvalue weighted by atomic mass is 19.4. The van der Waals surface area contributed by atoms with Crippen LogP contribution in [0.4, 0.5) is 26.3 Å². The van der Waals surface area contributed by atoms with Crippen LogP contribution >= 0.6 is 0 Å². The molecule has 0 unspecified atom stereocenters. The minimum Gasteiger partial charge on any atom is -0.307 e. The summed E-state index contributed by atoms with van der Waals surface area (Å²) in [4.78, 5) is 4.82. The lowest BCUT2D eigenvalue weighted by Crippen LogP contribution is -2.05. The summed E-state index contributed by atoms with van der Waals surface area (Å²) in [5.74, 6) is 0.405. The molecule has 8 aromatic rings. The molecular weight excluding hydrogens is 626 g/mol. The van der Waals surface area contributed by atoms with E-state index in [2.05, 4.69) is 6.07 Å². The molecule has 48 heavy (non-hydrogen) atoms. The van der Waals surface area contributed by atoms with Crippen molar-refractivity contribution in [2.75, 3.05) is 0 Å². The van der Waals surface area contributed by atoms with Crippen molar-refractivity contribution < 1.29 is 26.3 Å². The van der Waals surface area contributed by atoms with E-state index in [-0.39, 0.29) is 0 Å². The standard InChI is InChI=1S/C38H20F6N4/c39-37(40,41)24-12-14-33-29(17-24)26-8-1-3-10-31(26)47(33)35-21-46-36(19-28(35)23-7-5-6-22(16-23)20-45)48-32-11-4-2-9-27(32)30-18-25(38(42,43)44)13-15-34(30)48/h1-19,21H. The lowest BCUT2D eigenvalue weighted by molar-refractivity contribution is -0.138. The van der Waals surface area contributed by atoms with Crippen LogP contribution in [-0.2, 0) is 12.4 Å². The molecule has 5 aromatic carbocycles. The largest absolute Gasteiger partial charge is 0.416 e. The fourth-order valence-electron chi connectivity index (χ4n) is 6.53. The molecule has 0 spiro atoms. The summed E-state index contributed by atoms with van der Waals surface area (Å²) in [6, 6.07) is 32.3. The Morgan fingerprint density at radius 3 is 1.67 bits per heavy atom. The molecule has 0 aliphatic rings. The maximum Gasteiger partial charge on any atom is 0.416 e. The third kappa shape index (κ3) is 4.58. The number of para-hydroxylation sites is 2. The number of nitriles is 1. The molecule has 0 aliphatic heterocycles. The summed E-state index contributed by atoms with van der Waals surface area (Å²) in [6.07, 6.45) is -7.45. The second kappa shape index (κ2) is 10.5. The van der Waals surface area contributed by atoms with Gasteiger partial charge >= 0.3 is 12.4 Å². The van der Waals surface area contributed by atoms with Crippen molar-refractivity contribution >= 4 is 43.6 Å². The van der Waals surface area contributed by atoms with Crippen molar-refractivity contribution in [1.82, 2.24) is 14.1 Å². The number of pyridine rings is 1.